The average Bonchev–Trinajstić information content (AvgIpc) is 2.15. The van der Waals surface area contributed by atoms with E-state index in [1.807, 2.05) is 18.2 Å². The minimum Gasteiger partial charge on any atom is -0.423 e. The standard InChI is InChI=1S/C10H6BrIO2/c11-5-6-3-10(13)14-9-4-7(12)1-2-8(6)9/h1-4H,5H2. The summed E-state index contributed by atoms with van der Waals surface area (Å²) < 4.78 is 6.16. The first-order valence-corrected chi connectivity index (χ1v) is 6.19. The molecule has 0 atom stereocenters. The van der Waals surface area contributed by atoms with E-state index < -0.39 is 0 Å². The van der Waals surface area contributed by atoms with Gasteiger partial charge >= 0.3 is 5.63 Å². The van der Waals surface area contributed by atoms with E-state index in [1.165, 1.54) is 6.07 Å². The number of benzene rings is 1. The van der Waals surface area contributed by atoms with Crippen LogP contribution in [0.5, 0.6) is 0 Å². The maximum Gasteiger partial charge on any atom is 0.336 e. The fourth-order valence-corrected chi connectivity index (χ4v) is 2.24. The van der Waals surface area contributed by atoms with E-state index in [-0.39, 0.29) is 5.63 Å². The maximum atomic E-state index is 11.2. The Labute approximate surface area is 103 Å². The van der Waals surface area contributed by atoms with E-state index >= 15 is 0 Å². The summed E-state index contributed by atoms with van der Waals surface area (Å²) in [7, 11) is 0. The van der Waals surface area contributed by atoms with Crippen LogP contribution in [-0.4, -0.2) is 0 Å². The highest BCUT2D eigenvalue weighted by Crippen LogP contribution is 2.21. The monoisotopic (exact) mass is 364 g/mol. The highest BCUT2D eigenvalue weighted by molar-refractivity contribution is 14.1. The van der Waals surface area contributed by atoms with Gasteiger partial charge in [-0.05, 0) is 46.4 Å². The van der Waals surface area contributed by atoms with Gasteiger partial charge in [0.25, 0.3) is 0 Å². The number of rotatable bonds is 1. The summed E-state index contributed by atoms with van der Waals surface area (Å²) in [6.07, 6.45) is 0. The number of fused-ring (bicyclic) bond motifs is 1. The summed E-state index contributed by atoms with van der Waals surface area (Å²) in [6, 6.07) is 7.35. The lowest BCUT2D eigenvalue weighted by Gasteiger charge is -2.01. The SMILES string of the molecule is O=c1cc(CBr)c2ccc(I)cc2o1. The van der Waals surface area contributed by atoms with Gasteiger partial charge in [0.1, 0.15) is 5.58 Å². The molecule has 1 aromatic carbocycles. The molecule has 14 heavy (non-hydrogen) atoms. The smallest absolute Gasteiger partial charge is 0.336 e. The lowest BCUT2D eigenvalue weighted by molar-refractivity contribution is 0.559. The molecule has 0 N–H and O–H groups in total. The van der Waals surface area contributed by atoms with Crippen molar-refractivity contribution in [2.45, 2.75) is 5.33 Å². The van der Waals surface area contributed by atoms with Crippen LogP contribution in [0.3, 0.4) is 0 Å². The Hall–Kier alpha value is -0.360. The third-order valence-corrected chi connectivity index (χ3v) is 3.21. The van der Waals surface area contributed by atoms with Crippen LogP contribution in [0.15, 0.2) is 33.5 Å². The van der Waals surface area contributed by atoms with Gasteiger partial charge in [0.15, 0.2) is 0 Å². The molecule has 0 radical (unpaired) electrons. The first-order chi connectivity index (χ1) is 6.70. The molecule has 0 aliphatic rings. The molecule has 0 unspecified atom stereocenters. The minimum atomic E-state index is -0.297. The van der Waals surface area contributed by atoms with E-state index in [0.717, 1.165) is 14.5 Å². The fraction of sp³-hybridized carbons (Fsp3) is 0.100. The highest BCUT2D eigenvalue weighted by atomic mass is 127. The normalized spacial score (nSPS) is 10.7. The van der Waals surface area contributed by atoms with Crippen molar-refractivity contribution in [1.82, 2.24) is 0 Å². The quantitative estimate of drug-likeness (QED) is 0.441. The topological polar surface area (TPSA) is 30.2 Å². The number of hydrogen-bond acceptors (Lipinski definition) is 2. The van der Waals surface area contributed by atoms with E-state index in [0.29, 0.717) is 10.9 Å². The molecular weight excluding hydrogens is 359 g/mol. The van der Waals surface area contributed by atoms with Crippen LogP contribution < -0.4 is 5.63 Å². The maximum absolute atomic E-state index is 11.2. The second-order valence-corrected chi connectivity index (χ2v) is 4.67. The van der Waals surface area contributed by atoms with Crippen molar-refractivity contribution in [1.29, 1.82) is 0 Å². The Morgan fingerprint density at radius 2 is 2.14 bits per heavy atom. The molecule has 0 saturated heterocycles. The van der Waals surface area contributed by atoms with E-state index in [2.05, 4.69) is 38.5 Å². The Balaban J connectivity index is 2.87. The van der Waals surface area contributed by atoms with Gasteiger partial charge in [0, 0.05) is 20.4 Å². The molecule has 0 amide bonds. The first-order valence-electron chi connectivity index (χ1n) is 3.99. The van der Waals surface area contributed by atoms with Gasteiger partial charge in [-0.15, -0.1) is 0 Å². The lowest BCUT2D eigenvalue weighted by atomic mass is 10.1. The number of alkyl halides is 1. The molecule has 0 bridgehead atoms. The zero-order chi connectivity index (χ0) is 10.1. The van der Waals surface area contributed by atoms with Gasteiger partial charge in [-0.25, -0.2) is 4.79 Å². The van der Waals surface area contributed by atoms with Crippen LogP contribution in [0.25, 0.3) is 11.0 Å². The molecule has 2 nitrogen and oxygen atoms in total. The van der Waals surface area contributed by atoms with Crippen LogP contribution in [0.2, 0.25) is 0 Å². The van der Waals surface area contributed by atoms with Crippen LogP contribution >= 0.6 is 38.5 Å². The second kappa shape index (κ2) is 4.02. The van der Waals surface area contributed by atoms with Crippen molar-refractivity contribution >= 4 is 49.5 Å². The van der Waals surface area contributed by atoms with Crippen LogP contribution in [0.1, 0.15) is 5.56 Å². The van der Waals surface area contributed by atoms with Crippen molar-refractivity contribution < 1.29 is 4.42 Å². The summed E-state index contributed by atoms with van der Waals surface area (Å²) in [5.74, 6) is 0. The molecule has 72 valence electrons. The largest absolute Gasteiger partial charge is 0.423 e. The van der Waals surface area contributed by atoms with E-state index in [4.69, 9.17) is 4.42 Å². The van der Waals surface area contributed by atoms with Gasteiger partial charge in [-0.3, -0.25) is 0 Å². The number of halogens is 2. The molecular formula is C10H6BrIO2. The summed E-state index contributed by atoms with van der Waals surface area (Å²) in [6.45, 7) is 0. The summed E-state index contributed by atoms with van der Waals surface area (Å²) in [5, 5.41) is 1.65. The Bertz CT molecular complexity index is 533. The summed E-state index contributed by atoms with van der Waals surface area (Å²) >= 11 is 5.54. The zero-order valence-electron chi connectivity index (χ0n) is 7.09. The second-order valence-electron chi connectivity index (χ2n) is 2.86. The highest BCUT2D eigenvalue weighted by Gasteiger charge is 2.04. The molecule has 0 aliphatic heterocycles. The van der Waals surface area contributed by atoms with Gasteiger partial charge in [-0.2, -0.15) is 0 Å². The van der Waals surface area contributed by atoms with Gasteiger partial charge in [0.05, 0.1) is 0 Å². The molecule has 0 saturated carbocycles. The lowest BCUT2D eigenvalue weighted by Crippen LogP contribution is -1.99. The molecule has 4 heteroatoms. The predicted octanol–water partition coefficient (Wildman–Crippen LogP) is 3.29. The molecule has 2 aromatic rings. The predicted molar refractivity (Wildman–Crippen MR) is 67.8 cm³/mol. The first kappa shape index (κ1) is 10.2. The number of hydrogen-bond donors (Lipinski definition) is 0. The Morgan fingerprint density at radius 1 is 1.36 bits per heavy atom. The Morgan fingerprint density at radius 3 is 2.86 bits per heavy atom. The van der Waals surface area contributed by atoms with Crippen LogP contribution in [0, 0.1) is 3.57 Å². The Kier molecular flexibility index (Phi) is 2.92. The van der Waals surface area contributed by atoms with Crippen molar-refractivity contribution in [3.8, 4) is 0 Å². The van der Waals surface area contributed by atoms with Crippen molar-refractivity contribution in [2.24, 2.45) is 0 Å². The van der Waals surface area contributed by atoms with Gasteiger partial charge in [0.2, 0.25) is 0 Å². The third-order valence-electron chi connectivity index (χ3n) is 1.94. The van der Waals surface area contributed by atoms with E-state index in [9.17, 15) is 4.79 Å². The molecule has 2 rings (SSSR count). The van der Waals surface area contributed by atoms with Crippen LogP contribution in [-0.2, 0) is 5.33 Å². The molecule has 0 fully saturated rings. The van der Waals surface area contributed by atoms with Gasteiger partial charge in [-0.1, -0.05) is 15.9 Å². The van der Waals surface area contributed by atoms with Gasteiger partial charge < -0.3 is 4.42 Å². The zero-order valence-corrected chi connectivity index (χ0v) is 10.8. The minimum absolute atomic E-state index is 0.297. The molecule has 1 heterocycles. The summed E-state index contributed by atoms with van der Waals surface area (Å²) in [5.41, 5.74) is 1.32. The van der Waals surface area contributed by atoms with Crippen molar-refractivity contribution in [3.05, 3.63) is 43.8 Å². The fourth-order valence-electron chi connectivity index (χ4n) is 1.31. The molecule has 0 spiro atoms. The van der Waals surface area contributed by atoms with Crippen molar-refractivity contribution in [2.75, 3.05) is 0 Å². The molecule has 0 aliphatic carbocycles. The van der Waals surface area contributed by atoms with Crippen LogP contribution in [0.4, 0.5) is 0 Å². The average molecular weight is 365 g/mol. The third kappa shape index (κ3) is 1.86. The van der Waals surface area contributed by atoms with Crippen molar-refractivity contribution in [3.63, 3.8) is 0 Å². The van der Waals surface area contributed by atoms with E-state index in [1.54, 1.807) is 0 Å². The summed E-state index contributed by atoms with van der Waals surface area (Å²) in [4.78, 5) is 11.2. The molecule has 1 aromatic heterocycles.